The van der Waals surface area contributed by atoms with Crippen molar-refractivity contribution in [2.24, 2.45) is 0 Å². The minimum atomic E-state index is 0.0595. The predicted molar refractivity (Wildman–Crippen MR) is 218 cm³/mol. The summed E-state index contributed by atoms with van der Waals surface area (Å²) >= 11 is 0. The molecule has 3 heterocycles. The summed E-state index contributed by atoms with van der Waals surface area (Å²) in [6, 6.07) is 57.6. The normalized spacial score (nSPS) is 16.5. The molecule has 1 aliphatic rings. The number of hydrogen-bond donors (Lipinski definition) is 2. The van der Waals surface area contributed by atoms with E-state index in [-0.39, 0.29) is 6.10 Å². The molecule has 2 atom stereocenters. The number of nitrogens with one attached hydrogen (secondary N) is 2. The zero-order chi connectivity index (χ0) is 34.2. The van der Waals surface area contributed by atoms with Gasteiger partial charge in [-0.3, -0.25) is 0 Å². The van der Waals surface area contributed by atoms with Gasteiger partial charge in [-0.15, -0.1) is 0 Å². The molecule has 0 saturated carbocycles. The monoisotopic (exact) mass is 668 g/mol. The third-order valence-electron chi connectivity index (χ3n) is 11.6. The van der Waals surface area contributed by atoms with Gasteiger partial charge in [-0.1, -0.05) is 146 Å². The van der Waals surface area contributed by atoms with Crippen molar-refractivity contribution in [3.63, 3.8) is 0 Å². The molecule has 248 valence electrons. The molecular weight excluding hydrogens is 633 g/mol. The Morgan fingerprint density at radius 2 is 0.827 bits per heavy atom. The molecule has 11 rings (SSSR count). The number of benzene rings is 8. The Morgan fingerprint density at radius 1 is 0.365 bits per heavy atom. The van der Waals surface area contributed by atoms with Gasteiger partial charge in [0, 0.05) is 49.6 Å². The van der Waals surface area contributed by atoms with Gasteiger partial charge in [0.15, 0.2) is 0 Å². The van der Waals surface area contributed by atoms with Gasteiger partial charge in [-0.05, 0) is 68.8 Å². The van der Waals surface area contributed by atoms with Gasteiger partial charge in [0.2, 0.25) is 0 Å². The molecule has 3 heteroatoms. The Hall–Kier alpha value is -6.16. The van der Waals surface area contributed by atoms with Crippen LogP contribution in [-0.4, -0.2) is 16.6 Å². The highest BCUT2D eigenvalue weighted by molar-refractivity contribution is 6.15. The standard InChI is InChI=1S/C49H36N2O/c1-2-12-33-32(11-1)31(24-25-36(33)41-17-9-19-43-38-15-5-7-21-45(38)50-48(41)43)30-23-28-47(52-29-30)40-27-26-37(34-13-3-4-14-35(34)40)42-18-10-20-44-39-16-6-8-22-46(39)51-49(42)44/h1-22,24-27,30,47,50-51H,23,28-29H2. The van der Waals surface area contributed by atoms with E-state index in [2.05, 4.69) is 168 Å². The van der Waals surface area contributed by atoms with Crippen LogP contribution in [0.1, 0.15) is 36.0 Å². The maximum Gasteiger partial charge on any atom is 0.0831 e. The molecule has 1 saturated heterocycles. The fraction of sp³-hybridized carbons (Fsp3) is 0.102. The highest BCUT2D eigenvalue weighted by Gasteiger charge is 2.27. The first kappa shape index (κ1) is 29.6. The van der Waals surface area contributed by atoms with Crippen molar-refractivity contribution in [1.82, 2.24) is 9.97 Å². The summed E-state index contributed by atoms with van der Waals surface area (Å²) in [5.41, 5.74) is 12.4. The Bertz CT molecular complexity index is 2790. The van der Waals surface area contributed by atoms with Crippen molar-refractivity contribution in [2.75, 3.05) is 6.61 Å². The van der Waals surface area contributed by atoms with Crippen molar-refractivity contribution in [3.05, 3.63) is 169 Å². The quantitative estimate of drug-likeness (QED) is 0.193. The van der Waals surface area contributed by atoms with E-state index in [4.69, 9.17) is 4.74 Å². The number of rotatable bonds is 4. The summed E-state index contributed by atoms with van der Waals surface area (Å²) in [6.45, 7) is 0.704. The molecule has 10 aromatic rings. The van der Waals surface area contributed by atoms with Crippen LogP contribution in [0.25, 0.3) is 87.4 Å². The highest BCUT2D eigenvalue weighted by Crippen LogP contribution is 2.45. The Morgan fingerprint density at radius 3 is 1.37 bits per heavy atom. The van der Waals surface area contributed by atoms with E-state index < -0.39 is 0 Å². The molecule has 0 radical (unpaired) electrons. The van der Waals surface area contributed by atoms with Crippen LogP contribution in [-0.2, 0) is 4.74 Å². The average molecular weight is 669 g/mol. The van der Waals surface area contributed by atoms with Crippen LogP contribution in [0.15, 0.2) is 158 Å². The van der Waals surface area contributed by atoms with E-state index in [9.17, 15) is 0 Å². The number of aromatic amines is 2. The first-order valence-corrected chi connectivity index (χ1v) is 18.4. The molecule has 52 heavy (non-hydrogen) atoms. The number of H-pyrrole nitrogens is 2. The first-order valence-electron chi connectivity index (χ1n) is 18.4. The van der Waals surface area contributed by atoms with Crippen LogP contribution >= 0.6 is 0 Å². The molecule has 0 aliphatic carbocycles. The summed E-state index contributed by atoms with van der Waals surface area (Å²) in [6.07, 6.45) is 2.12. The maximum absolute atomic E-state index is 6.84. The predicted octanol–water partition coefficient (Wildman–Crippen LogP) is 13.2. The molecule has 1 aliphatic heterocycles. The minimum absolute atomic E-state index is 0.0595. The number of aromatic nitrogens is 2. The second-order valence-electron chi connectivity index (χ2n) is 14.4. The first-order chi connectivity index (χ1) is 25.8. The third-order valence-corrected chi connectivity index (χ3v) is 11.6. The molecule has 2 aromatic heterocycles. The van der Waals surface area contributed by atoms with Crippen molar-refractivity contribution in [3.8, 4) is 22.3 Å². The van der Waals surface area contributed by atoms with Crippen LogP contribution in [0.2, 0.25) is 0 Å². The van der Waals surface area contributed by atoms with Gasteiger partial charge in [-0.2, -0.15) is 0 Å². The van der Waals surface area contributed by atoms with Gasteiger partial charge in [0.05, 0.1) is 23.7 Å². The van der Waals surface area contributed by atoms with E-state index in [1.54, 1.807) is 0 Å². The Labute approximate surface area is 301 Å². The van der Waals surface area contributed by atoms with Crippen molar-refractivity contribution >= 4 is 65.2 Å². The molecule has 1 fully saturated rings. The maximum atomic E-state index is 6.84. The van der Waals surface area contributed by atoms with Gasteiger partial charge < -0.3 is 14.7 Å². The van der Waals surface area contributed by atoms with Crippen molar-refractivity contribution in [1.29, 1.82) is 0 Å². The van der Waals surface area contributed by atoms with Gasteiger partial charge in [-0.25, -0.2) is 0 Å². The molecule has 2 N–H and O–H groups in total. The van der Waals surface area contributed by atoms with Gasteiger partial charge in [0.1, 0.15) is 0 Å². The van der Waals surface area contributed by atoms with E-state index in [0.717, 1.165) is 12.8 Å². The smallest absolute Gasteiger partial charge is 0.0831 e. The topological polar surface area (TPSA) is 40.8 Å². The van der Waals surface area contributed by atoms with Gasteiger partial charge in [0.25, 0.3) is 0 Å². The lowest BCUT2D eigenvalue weighted by molar-refractivity contribution is 0.00350. The van der Waals surface area contributed by atoms with Crippen LogP contribution in [0.4, 0.5) is 0 Å². The summed E-state index contributed by atoms with van der Waals surface area (Å²) in [4.78, 5) is 7.45. The summed E-state index contributed by atoms with van der Waals surface area (Å²) in [7, 11) is 0. The highest BCUT2D eigenvalue weighted by atomic mass is 16.5. The van der Waals surface area contributed by atoms with E-state index >= 15 is 0 Å². The molecule has 2 unspecified atom stereocenters. The SMILES string of the molecule is c1ccc2c(c1)[nH]c1c(-c3ccc(C4CCC(c5ccc(-c6cccc7c6[nH]c6ccccc67)c6ccccc56)OC4)c4ccccc34)cccc12. The number of para-hydroxylation sites is 4. The lowest BCUT2D eigenvalue weighted by atomic mass is 9.84. The van der Waals surface area contributed by atoms with Crippen LogP contribution < -0.4 is 0 Å². The third kappa shape index (κ3) is 4.49. The van der Waals surface area contributed by atoms with Crippen LogP contribution in [0, 0.1) is 0 Å². The second kappa shape index (κ2) is 11.7. The van der Waals surface area contributed by atoms with Crippen molar-refractivity contribution < 1.29 is 4.74 Å². The zero-order valence-corrected chi connectivity index (χ0v) is 28.7. The number of hydrogen-bond acceptors (Lipinski definition) is 1. The lowest BCUT2D eigenvalue weighted by Gasteiger charge is -2.31. The second-order valence-corrected chi connectivity index (χ2v) is 14.4. The van der Waals surface area contributed by atoms with Crippen LogP contribution in [0.5, 0.6) is 0 Å². The Balaban J connectivity index is 0.928. The van der Waals surface area contributed by atoms with Crippen molar-refractivity contribution in [2.45, 2.75) is 24.9 Å². The molecule has 8 aromatic carbocycles. The van der Waals surface area contributed by atoms with E-state index in [0.29, 0.717) is 12.5 Å². The summed E-state index contributed by atoms with van der Waals surface area (Å²) in [5, 5.41) is 10.2. The minimum Gasteiger partial charge on any atom is -0.373 e. The number of ether oxygens (including phenoxy) is 1. The Kier molecular flexibility index (Phi) is 6.65. The average Bonchev–Trinajstić information content (AvgIpc) is 3.79. The lowest BCUT2D eigenvalue weighted by Crippen LogP contribution is -2.20. The zero-order valence-electron chi connectivity index (χ0n) is 28.7. The summed E-state index contributed by atoms with van der Waals surface area (Å²) < 4.78 is 6.84. The number of fused-ring (bicyclic) bond motifs is 8. The molecular formula is C49H36N2O. The van der Waals surface area contributed by atoms with E-state index in [1.165, 1.54) is 98.5 Å². The molecule has 0 bridgehead atoms. The fourth-order valence-corrected chi connectivity index (χ4v) is 9.19. The molecule has 3 nitrogen and oxygen atoms in total. The van der Waals surface area contributed by atoms with E-state index in [1.807, 2.05) is 0 Å². The summed E-state index contributed by atoms with van der Waals surface area (Å²) in [5.74, 6) is 0.337. The van der Waals surface area contributed by atoms with Crippen LogP contribution in [0.3, 0.4) is 0 Å². The molecule has 0 amide bonds. The fourth-order valence-electron chi connectivity index (χ4n) is 9.19. The largest absolute Gasteiger partial charge is 0.373 e. The van der Waals surface area contributed by atoms with Gasteiger partial charge >= 0.3 is 0 Å². The molecule has 0 spiro atoms.